The van der Waals surface area contributed by atoms with Crippen LogP contribution in [0.3, 0.4) is 0 Å². The topological polar surface area (TPSA) is 44.4 Å². The van der Waals surface area contributed by atoms with E-state index in [2.05, 4.69) is 29.1 Å². The van der Waals surface area contributed by atoms with Gasteiger partial charge in [-0.15, -0.1) is 0 Å². The van der Waals surface area contributed by atoms with E-state index in [9.17, 15) is 4.79 Å². The van der Waals surface area contributed by atoms with Gasteiger partial charge in [0.2, 0.25) is 0 Å². The van der Waals surface area contributed by atoms with Crippen molar-refractivity contribution >= 4 is 34.2 Å². The zero-order valence-electron chi connectivity index (χ0n) is 15.0. The fourth-order valence-corrected chi connectivity index (χ4v) is 5.03. The van der Waals surface area contributed by atoms with Crippen LogP contribution in [0.15, 0.2) is 71.6 Å². The molecule has 4 rings (SSSR count). The molecular formula is C21H21N3OS2. The van der Waals surface area contributed by atoms with Crippen LogP contribution in [-0.4, -0.2) is 21.7 Å². The molecule has 3 atom stereocenters. The van der Waals surface area contributed by atoms with E-state index in [1.54, 1.807) is 4.90 Å². The third-order valence-corrected chi connectivity index (χ3v) is 6.39. The van der Waals surface area contributed by atoms with Gasteiger partial charge in [-0.1, -0.05) is 90.7 Å². The molecule has 2 heterocycles. The lowest BCUT2D eigenvalue weighted by atomic mass is 9.94. The molecule has 2 fully saturated rings. The number of thiocarbonyl (C=S) groups is 1. The molecule has 0 radical (unpaired) electrons. The van der Waals surface area contributed by atoms with Crippen molar-refractivity contribution < 1.29 is 4.79 Å². The predicted molar refractivity (Wildman–Crippen MR) is 114 cm³/mol. The zero-order valence-corrected chi connectivity index (χ0v) is 16.6. The molecule has 2 aliphatic rings. The standard InChI is InChI=1S/C21H21N3OS2/c1-14(15-8-4-2-5-9-15)24-20(25)18(27-21(24)26)12-17-13-22-23-19(17)16-10-6-3-7-11-16/h2-12,14,17,19,22-23H,13H2,1H3/b18-12-. The molecule has 2 aromatic carbocycles. The molecule has 0 aromatic heterocycles. The Morgan fingerprint density at radius 1 is 1.15 bits per heavy atom. The number of carbonyl (C=O) groups excluding carboxylic acids is 1. The molecule has 3 unspecified atom stereocenters. The minimum absolute atomic E-state index is 0.0000599. The van der Waals surface area contributed by atoms with Crippen molar-refractivity contribution in [3.8, 4) is 0 Å². The highest BCUT2D eigenvalue weighted by Crippen LogP contribution is 2.39. The number of rotatable bonds is 4. The van der Waals surface area contributed by atoms with Crippen molar-refractivity contribution in [2.45, 2.75) is 19.0 Å². The smallest absolute Gasteiger partial charge is 0.266 e. The molecular weight excluding hydrogens is 374 g/mol. The van der Waals surface area contributed by atoms with Crippen molar-refractivity contribution in [1.29, 1.82) is 0 Å². The van der Waals surface area contributed by atoms with E-state index in [0.29, 0.717) is 4.32 Å². The highest BCUT2D eigenvalue weighted by Gasteiger charge is 2.37. The van der Waals surface area contributed by atoms with Gasteiger partial charge in [-0.25, -0.2) is 5.43 Å². The molecule has 0 spiro atoms. The van der Waals surface area contributed by atoms with E-state index in [1.165, 1.54) is 17.3 Å². The Bertz CT molecular complexity index is 870. The second-order valence-electron chi connectivity index (χ2n) is 6.74. The lowest BCUT2D eigenvalue weighted by Crippen LogP contribution is -2.31. The van der Waals surface area contributed by atoms with Gasteiger partial charge in [0.05, 0.1) is 17.0 Å². The van der Waals surface area contributed by atoms with Crippen LogP contribution >= 0.6 is 24.0 Å². The lowest BCUT2D eigenvalue weighted by Gasteiger charge is -2.23. The van der Waals surface area contributed by atoms with Crippen LogP contribution in [0.2, 0.25) is 0 Å². The molecule has 0 aliphatic carbocycles. The number of thioether (sulfide) groups is 1. The molecule has 6 heteroatoms. The summed E-state index contributed by atoms with van der Waals surface area (Å²) >= 11 is 6.93. The van der Waals surface area contributed by atoms with Gasteiger partial charge in [0.25, 0.3) is 5.91 Å². The number of carbonyl (C=O) groups is 1. The van der Waals surface area contributed by atoms with Crippen LogP contribution in [-0.2, 0) is 4.79 Å². The van der Waals surface area contributed by atoms with E-state index < -0.39 is 0 Å². The zero-order chi connectivity index (χ0) is 18.8. The SMILES string of the molecule is CC(c1ccccc1)N1C(=O)/C(=C/C2CNNC2c2ccccc2)SC1=S. The van der Waals surface area contributed by atoms with Crippen LogP contribution in [0.4, 0.5) is 0 Å². The van der Waals surface area contributed by atoms with Crippen molar-refractivity contribution in [3.05, 3.63) is 82.8 Å². The minimum Gasteiger partial charge on any atom is -0.286 e. The number of benzene rings is 2. The molecule has 2 saturated heterocycles. The molecule has 138 valence electrons. The molecule has 2 aromatic rings. The highest BCUT2D eigenvalue weighted by molar-refractivity contribution is 8.26. The number of hydrazine groups is 1. The van der Waals surface area contributed by atoms with Gasteiger partial charge in [0.1, 0.15) is 4.32 Å². The second kappa shape index (κ2) is 7.94. The summed E-state index contributed by atoms with van der Waals surface area (Å²) in [5.74, 6) is 0.189. The van der Waals surface area contributed by atoms with Gasteiger partial charge >= 0.3 is 0 Å². The summed E-state index contributed by atoms with van der Waals surface area (Å²) in [6.45, 7) is 2.80. The normalized spacial score (nSPS) is 25.4. The Kier molecular flexibility index (Phi) is 5.41. The highest BCUT2D eigenvalue weighted by atomic mass is 32.2. The Morgan fingerprint density at radius 2 is 1.81 bits per heavy atom. The van der Waals surface area contributed by atoms with E-state index >= 15 is 0 Å². The van der Waals surface area contributed by atoms with Crippen molar-refractivity contribution in [3.63, 3.8) is 0 Å². The molecule has 0 saturated carbocycles. The molecule has 4 nitrogen and oxygen atoms in total. The Labute approximate surface area is 169 Å². The van der Waals surface area contributed by atoms with Crippen molar-refractivity contribution in [1.82, 2.24) is 15.8 Å². The minimum atomic E-state index is -0.0747. The summed E-state index contributed by atoms with van der Waals surface area (Å²) in [6.07, 6.45) is 2.07. The number of nitrogens with zero attached hydrogens (tertiary/aromatic N) is 1. The third kappa shape index (κ3) is 3.71. The van der Waals surface area contributed by atoms with Crippen molar-refractivity contribution in [2.75, 3.05) is 6.54 Å². The average molecular weight is 396 g/mol. The van der Waals surface area contributed by atoms with Crippen LogP contribution in [0, 0.1) is 5.92 Å². The first-order chi connectivity index (χ1) is 13.1. The maximum Gasteiger partial charge on any atom is 0.266 e. The van der Waals surface area contributed by atoms with Gasteiger partial charge in [0.15, 0.2) is 0 Å². The van der Waals surface area contributed by atoms with Gasteiger partial charge in [-0.2, -0.15) is 0 Å². The number of hydrogen-bond donors (Lipinski definition) is 2. The first-order valence-corrected chi connectivity index (χ1v) is 10.2. The summed E-state index contributed by atoms with van der Waals surface area (Å²) in [4.78, 5) is 15.5. The fourth-order valence-electron chi connectivity index (χ4n) is 3.56. The quantitative estimate of drug-likeness (QED) is 0.606. The third-order valence-electron chi connectivity index (χ3n) is 5.04. The van der Waals surface area contributed by atoms with Gasteiger partial charge in [-0.3, -0.25) is 15.1 Å². The van der Waals surface area contributed by atoms with Crippen molar-refractivity contribution in [2.24, 2.45) is 5.92 Å². The van der Waals surface area contributed by atoms with Gasteiger partial charge in [-0.05, 0) is 18.1 Å². The molecule has 2 N–H and O–H groups in total. The van der Waals surface area contributed by atoms with Gasteiger partial charge in [0, 0.05) is 12.5 Å². The fraction of sp³-hybridized carbons (Fsp3) is 0.238. The molecule has 0 bridgehead atoms. The summed E-state index contributed by atoms with van der Waals surface area (Å²) in [7, 11) is 0. The van der Waals surface area contributed by atoms with Crippen LogP contribution in [0.5, 0.6) is 0 Å². The summed E-state index contributed by atoms with van der Waals surface area (Å²) in [6, 6.07) is 20.4. The largest absolute Gasteiger partial charge is 0.286 e. The summed E-state index contributed by atoms with van der Waals surface area (Å²) in [5.41, 5.74) is 8.83. The van der Waals surface area contributed by atoms with Crippen LogP contribution in [0.1, 0.15) is 30.1 Å². The molecule has 1 amide bonds. The van der Waals surface area contributed by atoms with E-state index in [-0.39, 0.29) is 23.9 Å². The number of amides is 1. The van der Waals surface area contributed by atoms with E-state index in [4.69, 9.17) is 12.2 Å². The Hall–Kier alpha value is -1.99. The Morgan fingerprint density at radius 3 is 2.52 bits per heavy atom. The molecule has 2 aliphatic heterocycles. The first-order valence-electron chi connectivity index (χ1n) is 9.00. The maximum atomic E-state index is 13.1. The average Bonchev–Trinajstić information content (AvgIpc) is 3.27. The van der Waals surface area contributed by atoms with Gasteiger partial charge < -0.3 is 0 Å². The van der Waals surface area contributed by atoms with E-state index in [0.717, 1.165) is 17.0 Å². The lowest BCUT2D eigenvalue weighted by molar-refractivity contribution is -0.123. The number of hydrogen-bond acceptors (Lipinski definition) is 5. The van der Waals surface area contributed by atoms with Crippen LogP contribution in [0.25, 0.3) is 0 Å². The second-order valence-corrected chi connectivity index (χ2v) is 8.41. The maximum absolute atomic E-state index is 13.1. The predicted octanol–water partition coefficient (Wildman–Crippen LogP) is 3.96. The van der Waals surface area contributed by atoms with E-state index in [1.807, 2.05) is 55.5 Å². The first kappa shape index (κ1) is 18.4. The summed E-state index contributed by atoms with van der Waals surface area (Å²) < 4.78 is 0.623. The monoisotopic (exact) mass is 395 g/mol. The van der Waals surface area contributed by atoms with Crippen LogP contribution < -0.4 is 10.9 Å². The summed E-state index contributed by atoms with van der Waals surface area (Å²) in [5, 5.41) is 0. The number of nitrogens with one attached hydrogen (secondary N) is 2. The Balaban J connectivity index is 1.56. The molecule has 27 heavy (non-hydrogen) atoms.